The number of hydrogen-bond donors (Lipinski definition) is 1. The third-order valence-corrected chi connectivity index (χ3v) is 4.95. The van der Waals surface area contributed by atoms with E-state index in [1.54, 1.807) is 16.8 Å². The van der Waals surface area contributed by atoms with E-state index in [0.717, 1.165) is 12.6 Å². The number of piperidine rings is 1. The minimum absolute atomic E-state index is 0.715. The first kappa shape index (κ1) is 13.9. The van der Waals surface area contributed by atoms with E-state index in [-0.39, 0.29) is 0 Å². The Morgan fingerprint density at radius 1 is 1.25 bits per heavy atom. The Labute approximate surface area is 123 Å². The van der Waals surface area contributed by atoms with E-state index in [1.807, 2.05) is 0 Å². The molecule has 2 aliphatic heterocycles. The van der Waals surface area contributed by atoms with Crippen LogP contribution < -0.4 is 10.2 Å². The monoisotopic (exact) mass is 272 g/mol. The highest BCUT2D eigenvalue weighted by Gasteiger charge is 2.40. The maximum Gasteiger partial charge on any atom is 0.0438 e. The fraction of sp³-hybridized carbons (Fsp3) is 0.667. The summed E-state index contributed by atoms with van der Waals surface area (Å²) < 4.78 is 0. The van der Waals surface area contributed by atoms with Gasteiger partial charge in [0.05, 0.1) is 0 Å². The van der Waals surface area contributed by atoms with Crippen LogP contribution in [0.4, 0.5) is 5.69 Å². The molecular weight excluding hydrogens is 244 g/mol. The molecule has 1 N–H and O–H groups in total. The van der Waals surface area contributed by atoms with Gasteiger partial charge in [0.25, 0.3) is 0 Å². The van der Waals surface area contributed by atoms with E-state index in [0.29, 0.717) is 5.92 Å². The van der Waals surface area contributed by atoms with Crippen molar-refractivity contribution in [3.05, 3.63) is 29.3 Å². The van der Waals surface area contributed by atoms with E-state index in [9.17, 15) is 0 Å². The Balaban J connectivity index is 1.97. The van der Waals surface area contributed by atoms with Crippen LogP contribution in [0.15, 0.2) is 18.2 Å². The Hall–Kier alpha value is -1.02. The van der Waals surface area contributed by atoms with E-state index in [2.05, 4.69) is 42.3 Å². The largest absolute Gasteiger partial charge is 0.367 e. The van der Waals surface area contributed by atoms with Crippen LogP contribution in [0.1, 0.15) is 56.6 Å². The van der Waals surface area contributed by atoms with Crippen LogP contribution in [0.3, 0.4) is 0 Å². The molecule has 2 atom stereocenters. The number of para-hydroxylation sites is 1. The molecule has 20 heavy (non-hydrogen) atoms. The summed E-state index contributed by atoms with van der Waals surface area (Å²) in [7, 11) is 0. The molecule has 2 nitrogen and oxygen atoms in total. The average Bonchev–Trinajstić information content (AvgIpc) is 2.81. The van der Waals surface area contributed by atoms with Gasteiger partial charge in [-0.1, -0.05) is 38.5 Å². The molecule has 2 aliphatic rings. The highest BCUT2D eigenvalue weighted by Crippen LogP contribution is 2.45. The predicted octanol–water partition coefficient (Wildman–Crippen LogP) is 3.70. The molecule has 0 radical (unpaired) electrons. The van der Waals surface area contributed by atoms with Crippen LogP contribution in [0.5, 0.6) is 0 Å². The summed E-state index contributed by atoms with van der Waals surface area (Å²) >= 11 is 0. The van der Waals surface area contributed by atoms with Crippen molar-refractivity contribution in [2.45, 2.75) is 57.9 Å². The van der Waals surface area contributed by atoms with Crippen LogP contribution >= 0.6 is 0 Å². The summed E-state index contributed by atoms with van der Waals surface area (Å²) in [5.41, 5.74) is 4.80. The number of rotatable bonds is 5. The topological polar surface area (TPSA) is 15.3 Å². The van der Waals surface area contributed by atoms with Gasteiger partial charge in [0, 0.05) is 30.7 Å². The van der Waals surface area contributed by atoms with Crippen molar-refractivity contribution in [3.8, 4) is 0 Å². The lowest BCUT2D eigenvalue weighted by atomic mass is 9.89. The molecule has 1 fully saturated rings. The molecule has 0 aromatic heterocycles. The molecular formula is C18H28N2. The lowest BCUT2D eigenvalue weighted by Crippen LogP contribution is -2.44. The molecule has 0 aliphatic carbocycles. The van der Waals surface area contributed by atoms with Gasteiger partial charge in [0.2, 0.25) is 0 Å². The van der Waals surface area contributed by atoms with Crippen LogP contribution in [-0.2, 0) is 6.42 Å². The third-order valence-electron chi connectivity index (χ3n) is 4.95. The maximum atomic E-state index is 3.60. The highest BCUT2D eigenvalue weighted by molar-refractivity contribution is 5.67. The molecule has 1 aromatic rings. The molecule has 3 rings (SSSR count). The zero-order valence-electron chi connectivity index (χ0n) is 13.0. The molecule has 1 aromatic carbocycles. The van der Waals surface area contributed by atoms with Crippen molar-refractivity contribution in [1.29, 1.82) is 0 Å². The van der Waals surface area contributed by atoms with Gasteiger partial charge in [-0.15, -0.1) is 0 Å². The van der Waals surface area contributed by atoms with E-state index in [1.165, 1.54) is 45.2 Å². The zero-order chi connectivity index (χ0) is 13.9. The van der Waals surface area contributed by atoms with Crippen LogP contribution in [0.25, 0.3) is 0 Å². The Morgan fingerprint density at radius 3 is 2.95 bits per heavy atom. The molecule has 0 bridgehead atoms. The van der Waals surface area contributed by atoms with Gasteiger partial charge in [0.15, 0.2) is 0 Å². The van der Waals surface area contributed by atoms with E-state index >= 15 is 0 Å². The second-order valence-corrected chi connectivity index (χ2v) is 6.32. The SMILES string of the molecule is CCCCc1cccc2c1N(CCC)C1CCNCC21. The van der Waals surface area contributed by atoms with Crippen molar-refractivity contribution in [2.75, 3.05) is 24.5 Å². The smallest absolute Gasteiger partial charge is 0.0438 e. The summed E-state index contributed by atoms with van der Waals surface area (Å²) in [5, 5.41) is 3.60. The number of hydrogen-bond acceptors (Lipinski definition) is 2. The summed E-state index contributed by atoms with van der Waals surface area (Å²) in [6.45, 7) is 8.16. The first-order valence-electron chi connectivity index (χ1n) is 8.46. The lowest BCUT2D eigenvalue weighted by molar-refractivity contribution is 0.402. The fourth-order valence-electron chi connectivity index (χ4n) is 4.05. The summed E-state index contributed by atoms with van der Waals surface area (Å²) in [6.07, 6.45) is 6.38. The Bertz CT molecular complexity index is 455. The van der Waals surface area contributed by atoms with Gasteiger partial charge in [-0.3, -0.25) is 0 Å². The first-order chi connectivity index (χ1) is 9.86. The molecule has 0 amide bonds. The number of benzene rings is 1. The third kappa shape index (κ3) is 2.35. The zero-order valence-corrected chi connectivity index (χ0v) is 13.0. The van der Waals surface area contributed by atoms with Crippen molar-refractivity contribution in [3.63, 3.8) is 0 Å². The molecule has 1 saturated heterocycles. The lowest BCUT2D eigenvalue weighted by Gasteiger charge is -2.34. The van der Waals surface area contributed by atoms with Crippen molar-refractivity contribution < 1.29 is 0 Å². The van der Waals surface area contributed by atoms with Gasteiger partial charge in [-0.25, -0.2) is 0 Å². The second-order valence-electron chi connectivity index (χ2n) is 6.32. The number of unbranched alkanes of at least 4 members (excludes halogenated alkanes) is 1. The predicted molar refractivity (Wildman–Crippen MR) is 86.7 cm³/mol. The fourth-order valence-corrected chi connectivity index (χ4v) is 4.05. The number of anilines is 1. The highest BCUT2D eigenvalue weighted by atomic mass is 15.2. The standard InChI is InChI=1S/C18H28N2/c1-3-5-7-14-8-6-9-15-16-13-19-11-10-17(16)20(12-4-2)18(14)15/h6,8-9,16-17,19H,3-5,7,10-13H2,1-2H3. The number of nitrogens with zero attached hydrogens (tertiary/aromatic N) is 1. The number of fused-ring (bicyclic) bond motifs is 3. The van der Waals surface area contributed by atoms with Crippen LogP contribution in [0, 0.1) is 0 Å². The van der Waals surface area contributed by atoms with Crippen LogP contribution in [-0.4, -0.2) is 25.7 Å². The normalized spacial score (nSPS) is 24.6. The molecule has 2 heterocycles. The van der Waals surface area contributed by atoms with Gasteiger partial charge < -0.3 is 10.2 Å². The van der Waals surface area contributed by atoms with Crippen molar-refractivity contribution in [1.82, 2.24) is 5.32 Å². The Morgan fingerprint density at radius 2 is 2.15 bits per heavy atom. The number of nitrogens with one attached hydrogen (secondary N) is 1. The van der Waals surface area contributed by atoms with Gasteiger partial charge in [-0.05, 0) is 43.4 Å². The minimum atomic E-state index is 0.715. The first-order valence-corrected chi connectivity index (χ1v) is 8.46. The summed E-state index contributed by atoms with van der Waals surface area (Å²) in [4.78, 5) is 2.74. The molecule has 2 heteroatoms. The van der Waals surface area contributed by atoms with Gasteiger partial charge >= 0.3 is 0 Å². The minimum Gasteiger partial charge on any atom is -0.367 e. The molecule has 110 valence electrons. The second kappa shape index (κ2) is 6.17. The van der Waals surface area contributed by atoms with Gasteiger partial charge in [-0.2, -0.15) is 0 Å². The maximum absolute atomic E-state index is 3.60. The molecule has 2 unspecified atom stereocenters. The van der Waals surface area contributed by atoms with E-state index in [4.69, 9.17) is 0 Å². The van der Waals surface area contributed by atoms with Crippen LogP contribution in [0.2, 0.25) is 0 Å². The number of aryl methyl sites for hydroxylation is 1. The van der Waals surface area contributed by atoms with Gasteiger partial charge in [0.1, 0.15) is 0 Å². The summed E-state index contributed by atoms with van der Waals surface area (Å²) in [6, 6.07) is 7.77. The summed E-state index contributed by atoms with van der Waals surface area (Å²) in [5.74, 6) is 0.715. The quantitative estimate of drug-likeness (QED) is 0.879. The average molecular weight is 272 g/mol. The molecule has 0 saturated carbocycles. The van der Waals surface area contributed by atoms with Crippen molar-refractivity contribution >= 4 is 5.69 Å². The van der Waals surface area contributed by atoms with E-state index < -0.39 is 0 Å². The Kier molecular flexibility index (Phi) is 4.30. The molecule has 0 spiro atoms. The van der Waals surface area contributed by atoms with Crippen molar-refractivity contribution in [2.24, 2.45) is 0 Å².